The van der Waals surface area contributed by atoms with E-state index < -0.39 is 15.4 Å². The molecular weight excluding hydrogens is 404 g/mol. The number of benzene rings is 1. The molecule has 9 nitrogen and oxygen atoms in total. The predicted molar refractivity (Wildman–Crippen MR) is 98.5 cm³/mol. The van der Waals surface area contributed by atoms with Gasteiger partial charge in [-0.25, -0.2) is 8.42 Å². The summed E-state index contributed by atoms with van der Waals surface area (Å²) in [5.74, 6) is -0.325. The third-order valence-corrected chi connectivity index (χ3v) is 6.32. The molecule has 2 N–H and O–H groups in total. The van der Waals surface area contributed by atoms with Crippen LogP contribution in [0.3, 0.4) is 0 Å². The van der Waals surface area contributed by atoms with Crippen LogP contribution < -0.4 is 10.0 Å². The molecule has 1 aliphatic rings. The van der Waals surface area contributed by atoms with Crippen molar-refractivity contribution in [3.05, 3.63) is 29.3 Å². The van der Waals surface area contributed by atoms with Crippen LogP contribution in [0.5, 0.6) is 0 Å². The van der Waals surface area contributed by atoms with Crippen LogP contribution in [0, 0.1) is 6.92 Å². The Morgan fingerprint density at radius 1 is 1.28 bits per heavy atom. The summed E-state index contributed by atoms with van der Waals surface area (Å²) in [6.45, 7) is 1.73. The average molecular weight is 415 g/mol. The van der Waals surface area contributed by atoms with E-state index >= 15 is 0 Å². The monoisotopic (exact) mass is 414 g/mol. The normalized spacial score (nSPS) is 17.9. The van der Waals surface area contributed by atoms with Crippen molar-refractivity contribution in [3.63, 3.8) is 0 Å². The highest BCUT2D eigenvalue weighted by Gasteiger charge is 2.28. The Hall–Kier alpha value is -1.96. The van der Waals surface area contributed by atoms with Gasteiger partial charge in [-0.1, -0.05) is 35.3 Å². The molecule has 0 spiro atoms. The Morgan fingerprint density at radius 3 is 2.56 bits per heavy atom. The van der Waals surface area contributed by atoms with Gasteiger partial charge in [0.2, 0.25) is 10.5 Å². The number of carbonyl (C=O) groups excluding carboxylic acids is 1. The fourth-order valence-electron chi connectivity index (χ4n) is 1.75. The lowest BCUT2D eigenvalue weighted by atomic mass is 10.3. The highest BCUT2D eigenvalue weighted by molar-refractivity contribution is 8.24. The number of aryl methyl sites for hydroxylation is 1. The Bertz CT molecular complexity index is 953. The number of thioether (sulfide) groups is 1. The smallest absolute Gasteiger partial charge is 0.263 e. The van der Waals surface area contributed by atoms with E-state index in [4.69, 9.17) is 12.2 Å². The maximum absolute atomic E-state index is 12.3. The maximum Gasteiger partial charge on any atom is 0.263 e. The van der Waals surface area contributed by atoms with Gasteiger partial charge >= 0.3 is 0 Å². The van der Waals surface area contributed by atoms with Gasteiger partial charge in [0, 0.05) is 0 Å². The van der Waals surface area contributed by atoms with Crippen LogP contribution >= 0.6 is 35.3 Å². The SMILES string of the molecule is Cc1nnc(NS(=O)(=O)c2ccc(N=N[C@@H]3SC(=S)NC3=O)cc2)s1. The van der Waals surface area contributed by atoms with E-state index in [1.165, 1.54) is 24.3 Å². The number of thiocarbonyl (C=S) groups is 1. The first-order valence-electron chi connectivity index (χ1n) is 6.69. The van der Waals surface area contributed by atoms with Gasteiger partial charge in [0.1, 0.15) is 9.33 Å². The quantitative estimate of drug-likeness (QED) is 0.567. The molecular formula is C12H10N6O3S4. The molecule has 1 aliphatic heterocycles. The lowest BCUT2D eigenvalue weighted by Crippen LogP contribution is -2.22. The van der Waals surface area contributed by atoms with Crippen LogP contribution in [0.15, 0.2) is 39.4 Å². The average Bonchev–Trinajstić information content (AvgIpc) is 3.10. The van der Waals surface area contributed by atoms with Crippen molar-refractivity contribution in [3.8, 4) is 0 Å². The van der Waals surface area contributed by atoms with E-state index in [0.717, 1.165) is 23.1 Å². The van der Waals surface area contributed by atoms with Gasteiger partial charge in [0.05, 0.1) is 10.6 Å². The zero-order chi connectivity index (χ0) is 18.0. The van der Waals surface area contributed by atoms with Crippen molar-refractivity contribution in [2.75, 3.05) is 4.72 Å². The van der Waals surface area contributed by atoms with Crippen LogP contribution in [0.4, 0.5) is 10.8 Å². The summed E-state index contributed by atoms with van der Waals surface area (Å²) >= 11 is 7.10. The largest absolute Gasteiger partial charge is 0.309 e. The number of carbonyl (C=O) groups is 1. The molecule has 0 aliphatic carbocycles. The second-order valence-corrected chi connectivity index (χ2v) is 9.31. The molecule has 0 unspecified atom stereocenters. The maximum atomic E-state index is 12.3. The van der Waals surface area contributed by atoms with Gasteiger partial charge < -0.3 is 5.32 Å². The Kier molecular flexibility index (Phi) is 5.08. The van der Waals surface area contributed by atoms with Crippen molar-refractivity contribution < 1.29 is 13.2 Å². The van der Waals surface area contributed by atoms with E-state index in [0.29, 0.717) is 15.0 Å². The summed E-state index contributed by atoms with van der Waals surface area (Å²) in [6.07, 6.45) is 0. The number of anilines is 1. The topological polar surface area (TPSA) is 126 Å². The zero-order valence-corrected chi connectivity index (χ0v) is 15.8. The predicted octanol–water partition coefficient (Wildman–Crippen LogP) is 2.21. The van der Waals surface area contributed by atoms with Gasteiger partial charge in [-0.2, -0.15) is 10.2 Å². The lowest BCUT2D eigenvalue weighted by molar-refractivity contribution is -0.118. The summed E-state index contributed by atoms with van der Waals surface area (Å²) in [5.41, 5.74) is 0.414. The molecule has 13 heteroatoms. The van der Waals surface area contributed by atoms with E-state index in [9.17, 15) is 13.2 Å². The van der Waals surface area contributed by atoms with E-state index in [2.05, 4.69) is 30.5 Å². The summed E-state index contributed by atoms with van der Waals surface area (Å²) in [4.78, 5) is 11.5. The third kappa shape index (κ3) is 4.36. The molecule has 1 atom stereocenters. The molecule has 130 valence electrons. The fourth-order valence-corrected chi connectivity index (χ4v) is 4.56. The lowest BCUT2D eigenvalue weighted by Gasteiger charge is -2.04. The first kappa shape index (κ1) is 17.8. The molecule has 25 heavy (non-hydrogen) atoms. The number of azo groups is 1. The number of amides is 1. The number of hydrogen-bond acceptors (Lipinski definition) is 10. The fraction of sp³-hybridized carbons (Fsp3) is 0.167. The second-order valence-electron chi connectivity index (χ2n) is 4.69. The van der Waals surface area contributed by atoms with Gasteiger partial charge in [-0.05, 0) is 31.2 Å². The molecule has 2 aromatic rings. The second kappa shape index (κ2) is 7.11. The minimum absolute atomic E-state index is 0.0495. The summed E-state index contributed by atoms with van der Waals surface area (Å²) in [7, 11) is -3.76. The molecule has 1 amide bonds. The van der Waals surface area contributed by atoms with Gasteiger partial charge in [0.15, 0.2) is 0 Å². The van der Waals surface area contributed by atoms with Gasteiger partial charge in [-0.3, -0.25) is 9.52 Å². The molecule has 0 saturated carbocycles. The first-order valence-corrected chi connectivity index (χ1v) is 10.3. The number of hydrogen-bond donors (Lipinski definition) is 2. The summed E-state index contributed by atoms with van der Waals surface area (Å²) in [6, 6.07) is 5.74. The number of nitrogens with one attached hydrogen (secondary N) is 2. The molecule has 0 radical (unpaired) electrons. The number of aromatic nitrogens is 2. The third-order valence-electron chi connectivity index (χ3n) is 2.84. The Labute approximate surface area is 156 Å². The Balaban J connectivity index is 1.71. The van der Waals surface area contributed by atoms with Crippen molar-refractivity contribution in [2.45, 2.75) is 17.2 Å². The molecule has 1 aromatic heterocycles. The number of rotatable bonds is 5. The van der Waals surface area contributed by atoms with Crippen LogP contribution in [-0.2, 0) is 14.8 Å². The molecule has 1 saturated heterocycles. The summed E-state index contributed by atoms with van der Waals surface area (Å²) < 4.78 is 27.3. The van der Waals surface area contributed by atoms with Crippen molar-refractivity contribution in [1.82, 2.24) is 15.5 Å². The van der Waals surface area contributed by atoms with Gasteiger partial charge in [-0.15, -0.1) is 10.2 Å². The number of nitrogens with zero attached hydrogens (tertiary/aromatic N) is 4. The van der Waals surface area contributed by atoms with Crippen LogP contribution in [0.2, 0.25) is 0 Å². The standard InChI is InChI=1S/C12H10N6O3S4/c1-6-14-17-11(23-6)18-25(20,21)8-4-2-7(3-5-8)15-16-10-9(19)13-12(22)24-10/h2-5,10H,1H3,(H,17,18)(H,13,19,22)/t10-/m1/s1. The molecule has 3 rings (SSSR count). The minimum atomic E-state index is -3.76. The van der Waals surface area contributed by atoms with Crippen molar-refractivity contribution >= 4 is 66.4 Å². The minimum Gasteiger partial charge on any atom is -0.309 e. The zero-order valence-electron chi connectivity index (χ0n) is 12.5. The summed E-state index contributed by atoms with van der Waals surface area (Å²) in [5, 5.41) is 17.9. The number of sulfonamides is 1. The van der Waals surface area contributed by atoms with Crippen molar-refractivity contribution in [2.24, 2.45) is 10.2 Å². The van der Waals surface area contributed by atoms with Crippen LogP contribution in [-0.4, -0.2) is 34.2 Å². The Morgan fingerprint density at radius 2 is 2.00 bits per heavy atom. The van der Waals surface area contributed by atoms with E-state index in [1.807, 2.05) is 0 Å². The van der Waals surface area contributed by atoms with Crippen LogP contribution in [0.25, 0.3) is 0 Å². The van der Waals surface area contributed by atoms with E-state index in [-0.39, 0.29) is 15.9 Å². The molecule has 2 heterocycles. The molecule has 0 bridgehead atoms. The molecule has 1 aromatic carbocycles. The van der Waals surface area contributed by atoms with Gasteiger partial charge in [0.25, 0.3) is 15.9 Å². The van der Waals surface area contributed by atoms with E-state index in [1.54, 1.807) is 6.92 Å². The van der Waals surface area contributed by atoms with Crippen LogP contribution in [0.1, 0.15) is 5.01 Å². The molecule has 1 fully saturated rings. The highest BCUT2D eigenvalue weighted by atomic mass is 32.2. The first-order chi connectivity index (χ1) is 11.8. The highest BCUT2D eigenvalue weighted by Crippen LogP contribution is 2.24. The van der Waals surface area contributed by atoms with Crippen molar-refractivity contribution in [1.29, 1.82) is 0 Å².